The predicted octanol–water partition coefficient (Wildman–Crippen LogP) is 9.11. The lowest BCUT2D eigenvalue weighted by Crippen LogP contribution is -2.08. The third kappa shape index (κ3) is 4.57. The van der Waals surface area contributed by atoms with Crippen molar-refractivity contribution < 1.29 is 40.9 Å². The van der Waals surface area contributed by atoms with Crippen LogP contribution in [0.15, 0.2) is 60.0 Å². The highest BCUT2D eigenvalue weighted by Crippen LogP contribution is 2.65. The molecule has 4 unspecified atom stereocenters. The number of benzene rings is 4. The van der Waals surface area contributed by atoms with Gasteiger partial charge in [-0.05, 0) is 89.7 Å². The zero-order chi connectivity index (χ0) is 35.5. The van der Waals surface area contributed by atoms with Crippen LogP contribution in [0.3, 0.4) is 0 Å². The van der Waals surface area contributed by atoms with Gasteiger partial charge in [-0.25, -0.2) is 0 Å². The van der Waals surface area contributed by atoms with Crippen molar-refractivity contribution in [3.8, 4) is 45.6 Å². The first-order valence-electron chi connectivity index (χ1n) is 17.5. The smallest absolute Gasteiger partial charge is 0.201 e. The highest BCUT2D eigenvalue weighted by Gasteiger charge is 2.49. The fourth-order valence-corrected chi connectivity index (χ4v) is 8.76. The highest BCUT2D eigenvalue weighted by molar-refractivity contribution is 5.89. The summed E-state index contributed by atoms with van der Waals surface area (Å²) >= 11 is 0. The van der Waals surface area contributed by atoms with Crippen LogP contribution in [-0.2, 0) is 6.42 Å². The third-order valence-electron chi connectivity index (χ3n) is 11.5. The normalized spacial score (nSPS) is 22.4. The molecule has 2 saturated carbocycles. The fourth-order valence-electron chi connectivity index (χ4n) is 8.76. The maximum absolute atomic E-state index is 12.2. The predicted molar refractivity (Wildman–Crippen MR) is 191 cm³/mol. The maximum atomic E-state index is 12.2. The van der Waals surface area contributed by atoms with Crippen LogP contribution in [0.4, 0.5) is 0 Å². The summed E-state index contributed by atoms with van der Waals surface area (Å²) in [6.45, 7) is 7.60. The standard InChI is InChI=1S/C42H42O8/c1-17(2)27-28-19(4)35(43)41(49)39(47)32(28)26(36(27)44)15-20-13-23(21-8-6-5-7-9-21)16-24(14-20)30-33-29(22-10-11-22)38(46)42(50)40(48)34(33)31(37(30)45)25-12-18(25)3/h5-9,13-14,16-18,22,25-26,30,43-50H,10-12,15H2,1-4H3. The van der Waals surface area contributed by atoms with Gasteiger partial charge in [0.05, 0.1) is 5.92 Å². The molecule has 0 radical (unpaired) electrons. The molecule has 4 aliphatic rings. The van der Waals surface area contributed by atoms with E-state index in [0.717, 1.165) is 41.5 Å². The number of allylic oxidation sites excluding steroid dienone is 4. The number of phenolic OH excluding ortho intramolecular Hbond substituents is 6. The molecular weight excluding hydrogens is 632 g/mol. The van der Waals surface area contributed by atoms with Crippen LogP contribution in [0.25, 0.3) is 22.3 Å². The van der Waals surface area contributed by atoms with E-state index < -0.39 is 40.6 Å². The number of rotatable bonds is 7. The Hall–Kier alpha value is -5.24. The van der Waals surface area contributed by atoms with Gasteiger partial charge in [-0.15, -0.1) is 0 Å². The van der Waals surface area contributed by atoms with Crippen molar-refractivity contribution >= 4 is 11.1 Å². The third-order valence-corrected chi connectivity index (χ3v) is 11.5. The molecule has 0 aromatic heterocycles. The van der Waals surface area contributed by atoms with Crippen LogP contribution >= 0.6 is 0 Å². The first-order chi connectivity index (χ1) is 23.8. The molecule has 0 bridgehead atoms. The summed E-state index contributed by atoms with van der Waals surface area (Å²) in [6, 6.07) is 15.7. The van der Waals surface area contributed by atoms with Gasteiger partial charge >= 0.3 is 0 Å². The molecule has 0 amide bonds. The van der Waals surface area contributed by atoms with Crippen molar-refractivity contribution in [2.75, 3.05) is 0 Å². The summed E-state index contributed by atoms with van der Waals surface area (Å²) in [7, 11) is 0. The lowest BCUT2D eigenvalue weighted by Gasteiger charge is -2.22. The minimum Gasteiger partial charge on any atom is -0.511 e. The van der Waals surface area contributed by atoms with Gasteiger partial charge in [0.15, 0.2) is 23.0 Å². The monoisotopic (exact) mass is 674 g/mol. The molecule has 0 aliphatic heterocycles. The van der Waals surface area contributed by atoms with Gasteiger partial charge in [-0.3, -0.25) is 0 Å². The quantitative estimate of drug-likeness (QED) is 0.0901. The van der Waals surface area contributed by atoms with Crippen molar-refractivity contribution in [3.63, 3.8) is 0 Å². The molecule has 8 nitrogen and oxygen atoms in total. The molecule has 258 valence electrons. The fraction of sp³-hybridized carbons (Fsp3) is 0.333. The van der Waals surface area contributed by atoms with Gasteiger partial charge in [-0.1, -0.05) is 69.3 Å². The Labute approximate surface area is 290 Å². The SMILES string of the molecule is Cc1c(O)c(O)c(O)c2c1C(C(C)C)=C(O)C2Cc1cc(-c2ccccc2)cc(C2C(O)=C(C3CC3C)c3c(O)c(O)c(O)c(C4CC4)c32)c1. The zero-order valence-corrected chi connectivity index (χ0v) is 28.5. The van der Waals surface area contributed by atoms with E-state index in [-0.39, 0.29) is 47.4 Å². The van der Waals surface area contributed by atoms with E-state index in [4.69, 9.17) is 0 Å². The number of hydrogen-bond donors (Lipinski definition) is 8. The molecule has 8 rings (SSSR count). The number of fused-ring (bicyclic) bond motifs is 2. The Kier molecular flexibility index (Phi) is 7.13. The van der Waals surface area contributed by atoms with E-state index in [2.05, 4.69) is 6.92 Å². The van der Waals surface area contributed by atoms with E-state index in [9.17, 15) is 40.9 Å². The summed E-state index contributed by atoms with van der Waals surface area (Å²) in [5, 5.41) is 90.0. The minimum absolute atomic E-state index is 0.000685. The second-order valence-electron chi connectivity index (χ2n) is 15.1. The second kappa shape index (κ2) is 11.1. The average molecular weight is 675 g/mol. The number of phenols is 6. The van der Waals surface area contributed by atoms with E-state index in [1.165, 1.54) is 0 Å². The van der Waals surface area contributed by atoms with E-state index in [0.29, 0.717) is 44.5 Å². The molecule has 0 spiro atoms. The largest absolute Gasteiger partial charge is 0.511 e. The first-order valence-corrected chi connectivity index (χ1v) is 17.5. The Bertz CT molecular complexity index is 2170. The van der Waals surface area contributed by atoms with Gasteiger partial charge < -0.3 is 40.9 Å². The van der Waals surface area contributed by atoms with Crippen LogP contribution in [0.5, 0.6) is 34.5 Å². The molecule has 8 heteroatoms. The molecule has 2 fully saturated rings. The molecule has 50 heavy (non-hydrogen) atoms. The van der Waals surface area contributed by atoms with E-state index in [1.54, 1.807) is 6.92 Å². The van der Waals surface area contributed by atoms with Gasteiger partial charge in [0.25, 0.3) is 0 Å². The Morgan fingerprint density at radius 2 is 1.32 bits per heavy atom. The van der Waals surface area contributed by atoms with Crippen LogP contribution < -0.4 is 0 Å². The van der Waals surface area contributed by atoms with Gasteiger partial charge in [-0.2, -0.15) is 0 Å². The summed E-state index contributed by atoms with van der Waals surface area (Å²) < 4.78 is 0. The molecule has 0 heterocycles. The second-order valence-corrected chi connectivity index (χ2v) is 15.1. The Balaban J connectivity index is 1.35. The molecule has 0 saturated heterocycles. The van der Waals surface area contributed by atoms with Gasteiger partial charge in [0.1, 0.15) is 11.5 Å². The number of hydrogen-bond acceptors (Lipinski definition) is 8. The summed E-state index contributed by atoms with van der Waals surface area (Å²) in [5.41, 5.74) is 7.32. The molecule has 4 atom stereocenters. The van der Waals surface area contributed by atoms with E-state index >= 15 is 0 Å². The number of aliphatic hydroxyl groups excluding tert-OH is 2. The maximum Gasteiger partial charge on any atom is 0.201 e. The lowest BCUT2D eigenvalue weighted by atomic mass is 9.82. The summed E-state index contributed by atoms with van der Waals surface area (Å²) in [5.74, 6) is -4.04. The zero-order valence-electron chi connectivity index (χ0n) is 28.5. The summed E-state index contributed by atoms with van der Waals surface area (Å²) in [6.07, 6.45) is 2.69. The molecule has 4 aromatic carbocycles. The summed E-state index contributed by atoms with van der Waals surface area (Å²) in [4.78, 5) is 0. The molecule has 4 aromatic rings. The van der Waals surface area contributed by atoms with E-state index in [1.807, 2.05) is 62.4 Å². The molecule has 8 N–H and O–H groups in total. The first kappa shape index (κ1) is 32.0. The Morgan fingerprint density at radius 3 is 1.94 bits per heavy atom. The van der Waals surface area contributed by atoms with Crippen LogP contribution in [0.1, 0.15) is 102 Å². The van der Waals surface area contributed by atoms with Crippen LogP contribution in [0, 0.1) is 24.7 Å². The minimum atomic E-state index is -0.735. The number of aromatic hydroxyl groups is 6. The van der Waals surface area contributed by atoms with Gasteiger partial charge in [0, 0.05) is 39.3 Å². The van der Waals surface area contributed by atoms with Crippen molar-refractivity contribution in [2.24, 2.45) is 17.8 Å². The molecule has 4 aliphatic carbocycles. The van der Waals surface area contributed by atoms with Crippen molar-refractivity contribution in [1.29, 1.82) is 0 Å². The number of aliphatic hydroxyl groups is 2. The Morgan fingerprint density at radius 1 is 0.680 bits per heavy atom. The van der Waals surface area contributed by atoms with Gasteiger partial charge in [0.2, 0.25) is 11.5 Å². The van der Waals surface area contributed by atoms with Crippen molar-refractivity contribution in [1.82, 2.24) is 0 Å². The van der Waals surface area contributed by atoms with Crippen LogP contribution in [-0.4, -0.2) is 40.9 Å². The van der Waals surface area contributed by atoms with Crippen LogP contribution in [0.2, 0.25) is 0 Å². The topological polar surface area (TPSA) is 162 Å². The molecular formula is C42H42O8. The highest BCUT2D eigenvalue weighted by atomic mass is 16.3. The lowest BCUT2D eigenvalue weighted by molar-refractivity contribution is 0.350. The van der Waals surface area contributed by atoms with Crippen molar-refractivity contribution in [2.45, 2.75) is 71.1 Å². The van der Waals surface area contributed by atoms with Crippen molar-refractivity contribution in [3.05, 3.63) is 105 Å². The average Bonchev–Trinajstić information content (AvgIpc) is 4.02.